The van der Waals surface area contributed by atoms with Crippen LogP contribution < -0.4 is 11.1 Å². The highest BCUT2D eigenvalue weighted by atomic mass is 19.4. The smallest absolute Gasteiger partial charge is 0.330 e. The molecule has 3 N–H and O–H groups in total. The fraction of sp³-hybridized carbons (Fsp3) is 0.188. The van der Waals surface area contributed by atoms with E-state index in [4.69, 9.17) is 5.73 Å². The van der Waals surface area contributed by atoms with Gasteiger partial charge in [0, 0.05) is 11.3 Å². The highest BCUT2D eigenvalue weighted by Crippen LogP contribution is 2.29. The zero-order valence-electron chi connectivity index (χ0n) is 11.7. The molecule has 0 saturated heterocycles. The summed E-state index contributed by atoms with van der Waals surface area (Å²) in [5, 5.41) is 2.57. The second-order valence-electron chi connectivity index (χ2n) is 4.77. The molecule has 3 nitrogen and oxygen atoms in total. The first-order valence-corrected chi connectivity index (χ1v) is 6.68. The number of amides is 1. The van der Waals surface area contributed by atoms with Gasteiger partial charge in [-0.25, -0.2) is 0 Å². The molecule has 0 aliphatic heterocycles. The Kier molecular flexibility index (Phi) is 4.82. The molecular formula is C16H15F3N2O. The van der Waals surface area contributed by atoms with Crippen LogP contribution in [0.2, 0.25) is 0 Å². The first-order chi connectivity index (χ1) is 10.4. The highest BCUT2D eigenvalue weighted by Gasteiger charge is 2.30. The van der Waals surface area contributed by atoms with E-state index in [-0.39, 0.29) is 5.56 Å². The van der Waals surface area contributed by atoms with Crippen molar-refractivity contribution in [3.8, 4) is 0 Å². The van der Waals surface area contributed by atoms with Gasteiger partial charge < -0.3 is 11.1 Å². The van der Waals surface area contributed by atoms with Crippen LogP contribution in [0.5, 0.6) is 0 Å². The maximum atomic E-state index is 12.6. The highest BCUT2D eigenvalue weighted by molar-refractivity contribution is 6.04. The number of carbonyl (C=O) groups excluding carboxylic acids is 1. The number of carbonyl (C=O) groups is 1. The molecule has 0 saturated carbocycles. The summed E-state index contributed by atoms with van der Waals surface area (Å²) in [5.41, 5.74) is 6.10. The number of nitrogens with one attached hydrogen (secondary N) is 1. The minimum Gasteiger partial charge on any atom is -0.330 e. The normalized spacial score (nSPS) is 11.3. The average Bonchev–Trinajstić information content (AvgIpc) is 2.49. The molecule has 0 spiro atoms. The van der Waals surface area contributed by atoms with E-state index in [1.165, 1.54) is 12.1 Å². The summed E-state index contributed by atoms with van der Waals surface area (Å²) < 4.78 is 37.9. The van der Waals surface area contributed by atoms with Crippen LogP contribution in [0.1, 0.15) is 21.5 Å². The Hall–Kier alpha value is -2.34. The topological polar surface area (TPSA) is 55.1 Å². The molecule has 0 atom stereocenters. The van der Waals surface area contributed by atoms with Crippen molar-refractivity contribution < 1.29 is 18.0 Å². The molecular weight excluding hydrogens is 293 g/mol. The van der Waals surface area contributed by atoms with E-state index < -0.39 is 17.6 Å². The summed E-state index contributed by atoms with van der Waals surface area (Å²) in [4.78, 5) is 12.0. The number of hydrogen-bond donors (Lipinski definition) is 2. The Morgan fingerprint density at radius 1 is 1.09 bits per heavy atom. The maximum absolute atomic E-state index is 12.6. The number of nitrogens with two attached hydrogens (primary N) is 1. The van der Waals surface area contributed by atoms with Crippen LogP contribution in [0.3, 0.4) is 0 Å². The monoisotopic (exact) mass is 308 g/mol. The third kappa shape index (κ3) is 4.08. The lowest BCUT2D eigenvalue weighted by atomic mass is 10.1. The van der Waals surface area contributed by atoms with Crippen LogP contribution in [0.15, 0.2) is 48.5 Å². The second-order valence-corrected chi connectivity index (χ2v) is 4.77. The summed E-state index contributed by atoms with van der Waals surface area (Å²) in [7, 11) is 0. The Morgan fingerprint density at radius 2 is 1.77 bits per heavy atom. The molecule has 0 aromatic heterocycles. The number of halogens is 3. The van der Waals surface area contributed by atoms with Gasteiger partial charge in [-0.1, -0.05) is 18.2 Å². The van der Waals surface area contributed by atoms with Gasteiger partial charge in [-0.2, -0.15) is 13.2 Å². The molecule has 2 aromatic rings. The van der Waals surface area contributed by atoms with Crippen LogP contribution in [-0.2, 0) is 12.6 Å². The van der Waals surface area contributed by atoms with Crippen molar-refractivity contribution in [1.82, 2.24) is 0 Å². The van der Waals surface area contributed by atoms with Crippen LogP contribution >= 0.6 is 0 Å². The van der Waals surface area contributed by atoms with Crippen LogP contribution in [0.25, 0.3) is 0 Å². The average molecular weight is 308 g/mol. The summed E-state index contributed by atoms with van der Waals surface area (Å²) in [6, 6.07) is 11.3. The van der Waals surface area contributed by atoms with Crippen molar-refractivity contribution in [3.05, 3.63) is 65.2 Å². The van der Waals surface area contributed by atoms with E-state index in [0.29, 0.717) is 12.2 Å². The van der Waals surface area contributed by atoms with Gasteiger partial charge in [0.15, 0.2) is 0 Å². The molecule has 22 heavy (non-hydrogen) atoms. The Labute approximate surface area is 125 Å². The predicted octanol–water partition coefficient (Wildman–Crippen LogP) is 3.46. The molecule has 0 fully saturated rings. The van der Waals surface area contributed by atoms with Gasteiger partial charge in [0.05, 0.1) is 5.56 Å². The minimum absolute atomic E-state index is 0.0409. The largest absolute Gasteiger partial charge is 0.416 e. The number of hydrogen-bond acceptors (Lipinski definition) is 2. The summed E-state index contributed by atoms with van der Waals surface area (Å²) in [5.74, 6) is -0.585. The lowest BCUT2D eigenvalue weighted by molar-refractivity contribution is -0.137. The van der Waals surface area contributed by atoms with Gasteiger partial charge >= 0.3 is 6.18 Å². The van der Waals surface area contributed by atoms with Gasteiger partial charge in [0.1, 0.15) is 0 Å². The number of benzene rings is 2. The van der Waals surface area contributed by atoms with Crippen LogP contribution in [0, 0.1) is 0 Å². The molecule has 0 aliphatic carbocycles. The lowest BCUT2D eigenvalue weighted by Gasteiger charge is -2.09. The van der Waals surface area contributed by atoms with Crippen molar-refractivity contribution in [2.75, 3.05) is 11.9 Å². The van der Waals surface area contributed by atoms with E-state index in [9.17, 15) is 18.0 Å². The molecule has 2 rings (SSSR count). The molecule has 116 valence electrons. The Morgan fingerprint density at radius 3 is 2.36 bits per heavy atom. The Balaban J connectivity index is 2.12. The second kappa shape index (κ2) is 6.62. The number of anilines is 1. The van der Waals surface area contributed by atoms with Crippen molar-refractivity contribution in [1.29, 1.82) is 0 Å². The van der Waals surface area contributed by atoms with Gasteiger partial charge in [0.2, 0.25) is 0 Å². The molecule has 1 amide bonds. The number of rotatable bonds is 4. The van der Waals surface area contributed by atoms with Gasteiger partial charge in [0.25, 0.3) is 5.91 Å². The SMILES string of the molecule is NCCc1ccc(NC(=O)c2cccc(C(F)(F)F)c2)cc1. The zero-order chi connectivity index (χ0) is 16.2. The van der Waals surface area contributed by atoms with E-state index >= 15 is 0 Å². The van der Waals surface area contributed by atoms with Gasteiger partial charge in [-0.15, -0.1) is 0 Å². The minimum atomic E-state index is -4.47. The quantitative estimate of drug-likeness (QED) is 0.909. The van der Waals surface area contributed by atoms with Crippen molar-refractivity contribution >= 4 is 11.6 Å². The van der Waals surface area contributed by atoms with Gasteiger partial charge in [-0.3, -0.25) is 4.79 Å². The number of alkyl halides is 3. The summed E-state index contributed by atoms with van der Waals surface area (Å²) in [6.45, 7) is 0.524. The van der Waals surface area contributed by atoms with Crippen molar-refractivity contribution in [2.45, 2.75) is 12.6 Å². The van der Waals surface area contributed by atoms with E-state index in [1.807, 2.05) is 12.1 Å². The fourth-order valence-corrected chi connectivity index (χ4v) is 1.96. The van der Waals surface area contributed by atoms with Gasteiger partial charge in [-0.05, 0) is 48.9 Å². The van der Waals surface area contributed by atoms with Crippen molar-refractivity contribution in [2.24, 2.45) is 5.73 Å². The third-order valence-electron chi connectivity index (χ3n) is 3.10. The van der Waals surface area contributed by atoms with Crippen LogP contribution in [0.4, 0.5) is 18.9 Å². The van der Waals surface area contributed by atoms with E-state index in [0.717, 1.165) is 24.1 Å². The summed E-state index contributed by atoms with van der Waals surface area (Å²) in [6.07, 6.45) is -3.75. The zero-order valence-corrected chi connectivity index (χ0v) is 11.7. The lowest BCUT2D eigenvalue weighted by Crippen LogP contribution is -2.14. The van der Waals surface area contributed by atoms with Crippen LogP contribution in [-0.4, -0.2) is 12.5 Å². The van der Waals surface area contributed by atoms with E-state index in [2.05, 4.69) is 5.32 Å². The third-order valence-corrected chi connectivity index (χ3v) is 3.10. The maximum Gasteiger partial charge on any atom is 0.416 e. The van der Waals surface area contributed by atoms with Crippen molar-refractivity contribution in [3.63, 3.8) is 0 Å². The molecule has 0 aliphatic rings. The van der Waals surface area contributed by atoms with E-state index in [1.54, 1.807) is 12.1 Å². The molecule has 0 bridgehead atoms. The Bertz CT molecular complexity index is 651. The molecule has 2 aromatic carbocycles. The predicted molar refractivity (Wildman–Crippen MR) is 78.6 cm³/mol. The first-order valence-electron chi connectivity index (χ1n) is 6.68. The summed E-state index contributed by atoms with van der Waals surface area (Å²) >= 11 is 0. The molecule has 0 unspecified atom stereocenters. The molecule has 0 radical (unpaired) electrons. The standard InChI is InChI=1S/C16H15F3N2O/c17-16(18,19)13-3-1-2-12(10-13)15(22)21-14-6-4-11(5-7-14)8-9-20/h1-7,10H,8-9,20H2,(H,21,22). The first kappa shape index (κ1) is 16.0. The molecule has 6 heteroatoms. The molecule has 0 heterocycles. The fourth-order valence-electron chi connectivity index (χ4n) is 1.96.